The molecule has 1 aliphatic rings. The predicted molar refractivity (Wildman–Crippen MR) is 145 cm³/mol. The number of rotatable bonds is 11. The molecule has 1 fully saturated rings. The summed E-state index contributed by atoms with van der Waals surface area (Å²) in [5, 5.41) is 29.8. The Morgan fingerprint density at radius 3 is 2.79 bits per heavy atom. The Morgan fingerprint density at radius 1 is 1.29 bits per heavy atom. The molecular weight excluding hydrogens is 575 g/mol. The number of aromatic nitrogens is 2. The summed E-state index contributed by atoms with van der Waals surface area (Å²) in [5.74, 6) is -0.0773. The molecule has 10 nitrogen and oxygen atoms in total. The molecule has 3 atom stereocenters. The van der Waals surface area contributed by atoms with Crippen molar-refractivity contribution in [3.63, 3.8) is 0 Å². The standard InChI is InChI=1S/C24H26Cl2N4O6S2/c25-16-3-1-2-15(9-16)24(33,6-7-31)19-10-20(37-22(19)26)21(32)18-11-28-13-29-23(18)30-17-5-4-14(8-17)12-36-38(27,34)35/h1-3,9-11,13-14,17,31,33H,4-8,12H2,(H2,27,34,35)(H,28,29,30)/t14?,17-,24?/m0/s1. The number of nitrogens with one attached hydrogen (secondary N) is 1. The van der Waals surface area contributed by atoms with Gasteiger partial charge >= 0.3 is 10.3 Å². The number of ketones is 1. The smallest absolute Gasteiger partial charge is 0.333 e. The zero-order valence-electron chi connectivity index (χ0n) is 20.0. The van der Waals surface area contributed by atoms with Crippen molar-refractivity contribution in [3.8, 4) is 0 Å². The maximum absolute atomic E-state index is 13.5. The van der Waals surface area contributed by atoms with Gasteiger partial charge in [0.1, 0.15) is 22.1 Å². The summed E-state index contributed by atoms with van der Waals surface area (Å²) in [6, 6.07) is 8.05. The largest absolute Gasteiger partial charge is 0.396 e. The summed E-state index contributed by atoms with van der Waals surface area (Å²) in [6.45, 7) is -0.337. The monoisotopic (exact) mass is 600 g/mol. The highest BCUT2D eigenvalue weighted by molar-refractivity contribution is 7.84. The predicted octanol–water partition coefficient (Wildman–Crippen LogP) is 3.49. The van der Waals surface area contributed by atoms with Crippen LogP contribution in [-0.4, -0.2) is 53.6 Å². The molecule has 0 radical (unpaired) electrons. The first-order valence-electron chi connectivity index (χ1n) is 11.7. The van der Waals surface area contributed by atoms with Crippen molar-refractivity contribution < 1.29 is 27.6 Å². The second-order valence-corrected chi connectivity index (χ2v) is 12.4. The number of hydrogen-bond donors (Lipinski definition) is 4. The highest BCUT2D eigenvalue weighted by Crippen LogP contribution is 2.42. The molecule has 4 rings (SSSR count). The lowest BCUT2D eigenvalue weighted by molar-refractivity contribution is 0.0514. The number of hydrogen-bond acceptors (Lipinski definition) is 10. The minimum absolute atomic E-state index is 0.00752. The molecule has 14 heteroatoms. The molecule has 0 aliphatic heterocycles. The van der Waals surface area contributed by atoms with Gasteiger partial charge in [0.25, 0.3) is 0 Å². The summed E-state index contributed by atoms with van der Waals surface area (Å²) in [6.07, 6.45) is 4.71. The Morgan fingerprint density at radius 2 is 2.08 bits per heavy atom. The summed E-state index contributed by atoms with van der Waals surface area (Å²) in [7, 11) is -4.01. The fraction of sp³-hybridized carbons (Fsp3) is 0.375. The van der Waals surface area contributed by atoms with E-state index >= 15 is 0 Å². The van der Waals surface area contributed by atoms with Gasteiger partial charge < -0.3 is 15.5 Å². The Balaban J connectivity index is 1.56. The summed E-state index contributed by atoms with van der Waals surface area (Å²) < 4.78 is 27.1. The van der Waals surface area contributed by atoms with Crippen molar-refractivity contribution in [1.29, 1.82) is 0 Å². The maximum Gasteiger partial charge on any atom is 0.333 e. The normalized spacial score (nSPS) is 19.3. The van der Waals surface area contributed by atoms with E-state index < -0.39 is 21.7 Å². The van der Waals surface area contributed by atoms with E-state index in [9.17, 15) is 23.4 Å². The van der Waals surface area contributed by atoms with Crippen LogP contribution in [0.1, 0.15) is 52.0 Å². The summed E-state index contributed by atoms with van der Waals surface area (Å²) in [4.78, 5) is 22.0. The molecule has 2 unspecified atom stereocenters. The van der Waals surface area contributed by atoms with Crippen molar-refractivity contribution >= 4 is 56.4 Å². The number of carbonyl (C=O) groups is 1. The second kappa shape index (κ2) is 11.9. The molecule has 5 N–H and O–H groups in total. The van der Waals surface area contributed by atoms with Crippen LogP contribution in [0.4, 0.5) is 5.82 Å². The first-order valence-corrected chi connectivity index (χ1v) is 14.7. The van der Waals surface area contributed by atoms with Crippen molar-refractivity contribution in [2.75, 3.05) is 18.5 Å². The Kier molecular flexibility index (Phi) is 9.05. The number of nitrogens with two attached hydrogens (primary N) is 1. The van der Waals surface area contributed by atoms with Crippen LogP contribution in [0, 0.1) is 5.92 Å². The highest BCUT2D eigenvalue weighted by Gasteiger charge is 2.36. The second-order valence-electron chi connectivity index (χ2n) is 9.05. The first kappa shape index (κ1) is 28.8. The third-order valence-corrected chi connectivity index (χ3v) is 8.50. The van der Waals surface area contributed by atoms with Gasteiger partial charge in [0.15, 0.2) is 0 Å². The fourth-order valence-corrected chi connectivity index (χ4v) is 6.53. The molecule has 38 heavy (non-hydrogen) atoms. The molecule has 3 aromatic rings. The molecule has 1 saturated carbocycles. The fourth-order valence-electron chi connectivity index (χ4n) is 4.59. The third kappa shape index (κ3) is 6.69. The maximum atomic E-state index is 13.5. The van der Waals surface area contributed by atoms with Crippen LogP contribution in [0.3, 0.4) is 0 Å². The van der Waals surface area contributed by atoms with Gasteiger partial charge in [-0.2, -0.15) is 8.42 Å². The zero-order valence-corrected chi connectivity index (χ0v) is 23.2. The highest BCUT2D eigenvalue weighted by atomic mass is 35.5. The SMILES string of the molecule is NS(=O)(=O)OCC1CC[C@H](Nc2ncncc2C(=O)c2cc(C(O)(CCO)c3cccc(Cl)c3)c(Cl)s2)C1. The number of benzene rings is 1. The quantitative estimate of drug-likeness (QED) is 0.241. The number of halogens is 2. The first-order chi connectivity index (χ1) is 18.0. The van der Waals surface area contributed by atoms with E-state index in [0.717, 1.165) is 24.2 Å². The Hall–Kier alpha value is -2.16. The van der Waals surface area contributed by atoms with Crippen molar-refractivity contribution in [1.82, 2.24) is 9.97 Å². The van der Waals surface area contributed by atoms with Crippen LogP contribution in [0.25, 0.3) is 0 Å². The van der Waals surface area contributed by atoms with Crippen LogP contribution in [0.5, 0.6) is 0 Å². The molecule has 0 spiro atoms. The Labute approximate surface area is 234 Å². The third-order valence-electron chi connectivity index (χ3n) is 6.44. The topological polar surface area (TPSA) is 165 Å². The van der Waals surface area contributed by atoms with Gasteiger partial charge in [-0.15, -0.1) is 11.3 Å². The van der Waals surface area contributed by atoms with Crippen molar-refractivity contribution in [2.24, 2.45) is 11.1 Å². The molecule has 0 saturated heterocycles. The van der Waals surface area contributed by atoms with E-state index in [1.54, 1.807) is 24.3 Å². The van der Waals surface area contributed by atoms with E-state index in [-0.39, 0.29) is 51.9 Å². The number of thiophene rings is 1. The van der Waals surface area contributed by atoms with Crippen molar-refractivity contribution in [3.05, 3.63) is 73.8 Å². The van der Waals surface area contributed by atoms with Crippen LogP contribution in [0.2, 0.25) is 9.36 Å². The number of aliphatic hydroxyl groups excluding tert-OH is 1. The van der Waals surface area contributed by atoms with Crippen LogP contribution >= 0.6 is 34.5 Å². The number of nitrogens with zero attached hydrogens (tertiary/aromatic N) is 2. The van der Waals surface area contributed by atoms with Gasteiger partial charge in [0, 0.05) is 35.9 Å². The van der Waals surface area contributed by atoms with E-state index in [1.807, 2.05) is 0 Å². The lowest BCUT2D eigenvalue weighted by atomic mass is 9.85. The molecule has 1 aliphatic carbocycles. The minimum atomic E-state index is -4.01. The summed E-state index contributed by atoms with van der Waals surface area (Å²) >= 11 is 13.7. The van der Waals surface area contributed by atoms with Crippen molar-refractivity contribution in [2.45, 2.75) is 37.3 Å². The molecule has 2 aromatic heterocycles. The lowest BCUT2D eigenvalue weighted by Crippen LogP contribution is -2.28. The van der Waals surface area contributed by atoms with Gasteiger partial charge in [-0.1, -0.05) is 35.3 Å². The van der Waals surface area contributed by atoms with Crippen LogP contribution < -0.4 is 10.5 Å². The van der Waals surface area contributed by atoms with E-state index in [1.165, 1.54) is 18.6 Å². The van der Waals surface area contributed by atoms with Gasteiger partial charge in [-0.3, -0.25) is 8.98 Å². The molecule has 2 heterocycles. The number of carbonyl (C=O) groups excluding carboxylic acids is 1. The summed E-state index contributed by atoms with van der Waals surface area (Å²) in [5.41, 5.74) is -0.735. The zero-order chi connectivity index (χ0) is 27.5. The molecular formula is C24H26Cl2N4O6S2. The molecule has 1 aromatic carbocycles. The average molecular weight is 602 g/mol. The lowest BCUT2D eigenvalue weighted by Gasteiger charge is -2.28. The average Bonchev–Trinajstić information content (AvgIpc) is 3.49. The number of aliphatic hydroxyl groups is 2. The van der Waals surface area contributed by atoms with Gasteiger partial charge in [-0.25, -0.2) is 15.1 Å². The number of anilines is 1. The molecule has 0 amide bonds. The van der Waals surface area contributed by atoms with E-state index in [4.69, 9.17) is 32.5 Å². The van der Waals surface area contributed by atoms with Gasteiger partial charge in [-0.05, 0) is 48.9 Å². The van der Waals surface area contributed by atoms with E-state index in [0.29, 0.717) is 22.8 Å². The molecule has 0 bridgehead atoms. The molecule has 204 valence electrons. The van der Waals surface area contributed by atoms with Crippen LogP contribution in [-0.2, 0) is 20.1 Å². The van der Waals surface area contributed by atoms with Crippen LogP contribution in [0.15, 0.2) is 42.9 Å². The van der Waals surface area contributed by atoms with Gasteiger partial charge in [0.2, 0.25) is 5.78 Å². The Bertz CT molecular complexity index is 1420. The van der Waals surface area contributed by atoms with E-state index in [2.05, 4.69) is 15.3 Å². The van der Waals surface area contributed by atoms with Gasteiger partial charge in [0.05, 0.1) is 17.0 Å². The minimum Gasteiger partial charge on any atom is -0.396 e.